The summed E-state index contributed by atoms with van der Waals surface area (Å²) < 4.78 is 32.4. The molecule has 122 valence electrons. The number of amides is 2. The minimum atomic E-state index is -0.630. The van der Waals surface area contributed by atoms with E-state index in [2.05, 4.69) is 10.3 Å². The zero-order chi connectivity index (χ0) is 16.6. The highest BCUT2D eigenvalue weighted by molar-refractivity contribution is 5.74. The first-order chi connectivity index (χ1) is 10.9. The van der Waals surface area contributed by atoms with Gasteiger partial charge in [-0.2, -0.15) is 0 Å². The number of hydrogen-bond donors (Lipinski definition) is 1. The van der Waals surface area contributed by atoms with Crippen molar-refractivity contribution < 1.29 is 18.0 Å². The summed E-state index contributed by atoms with van der Waals surface area (Å²) in [4.78, 5) is 17.9. The quantitative estimate of drug-likeness (QED) is 0.925. The fourth-order valence-electron chi connectivity index (χ4n) is 2.66. The summed E-state index contributed by atoms with van der Waals surface area (Å²) in [7, 11) is 0. The molecule has 3 rings (SSSR count). The number of nitrogens with zero attached hydrogens (tertiary/aromatic N) is 2. The van der Waals surface area contributed by atoms with Crippen LogP contribution in [0.3, 0.4) is 0 Å². The Hall–Kier alpha value is -2.44. The van der Waals surface area contributed by atoms with E-state index in [1.54, 1.807) is 6.92 Å². The van der Waals surface area contributed by atoms with Crippen molar-refractivity contribution in [2.24, 2.45) is 0 Å². The molecule has 0 saturated heterocycles. The van der Waals surface area contributed by atoms with Crippen LogP contribution in [-0.4, -0.2) is 22.5 Å². The summed E-state index contributed by atoms with van der Waals surface area (Å²) in [6, 6.07) is 1.84. The molecule has 7 heteroatoms. The second-order valence-corrected chi connectivity index (χ2v) is 5.60. The zero-order valence-electron chi connectivity index (χ0n) is 12.9. The van der Waals surface area contributed by atoms with E-state index >= 15 is 0 Å². The third kappa shape index (κ3) is 3.18. The Kier molecular flexibility index (Phi) is 4.02. The van der Waals surface area contributed by atoms with Crippen molar-refractivity contribution in [3.8, 4) is 0 Å². The smallest absolute Gasteiger partial charge is 0.318 e. The van der Waals surface area contributed by atoms with Crippen molar-refractivity contribution in [1.29, 1.82) is 0 Å². The predicted octanol–water partition coefficient (Wildman–Crippen LogP) is 2.84. The Balaban J connectivity index is 1.65. The maximum Gasteiger partial charge on any atom is 0.318 e. The Morgan fingerprint density at radius 2 is 2.17 bits per heavy atom. The first-order valence-corrected chi connectivity index (χ1v) is 7.36. The molecule has 2 heterocycles. The van der Waals surface area contributed by atoms with Crippen LogP contribution >= 0.6 is 0 Å². The molecule has 0 saturated carbocycles. The van der Waals surface area contributed by atoms with E-state index in [9.17, 15) is 13.6 Å². The number of hydrogen-bond acceptors (Lipinski definition) is 3. The van der Waals surface area contributed by atoms with Crippen molar-refractivity contribution in [2.45, 2.75) is 33.4 Å². The molecule has 2 aromatic rings. The van der Waals surface area contributed by atoms with E-state index in [1.807, 2.05) is 6.92 Å². The van der Waals surface area contributed by atoms with Crippen molar-refractivity contribution in [3.05, 3.63) is 52.2 Å². The Labute approximate surface area is 132 Å². The third-order valence-electron chi connectivity index (χ3n) is 4.00. The molecule has 1 N–H and O–H groups in total. The van der Waals surface area contributed by atoms with Crippen molar-refractivity contribution in [1.82, 2.24) is 15.2 Å². The number of nitrogens with one attached hydrogen (secondary N) is 1. The number of oxazole rings is 1. The van der Waals surface area contributed by atoms with Crippen LogP contribution in [0.2, 0.25) is 0 Å². The maximum absolute atomic E-state index is 13.7. The summed E-state index contributed by atoms with van der Waals surface area (Å²) in [6.07, 6.45) is 0.367. The normalized spacial score (nSPS) is 13.8. The van der Waals surface area contributed by atoms with Crippen molar-refractivity contribution >= 4 is 6.03 Å². The molecular weight excluding hydrogens is 304 g/mol. The standard InChI is InChI=1S/C16H17F2N3O2/c1-9-10(2)23-15(20-9)7-19-16(22)21-4-3-13-11(8-21)5-12(17)6-14(13)18/h5-6H,3-4,7-8H2,1-2H3,(H,19,22). The highest BCUT2D eigenvalue weighted by Crippen LogP contribution is 2.23. The fraction of sp³-hybridized carbons (Fsp3) is 0.375. The van der Waals surface area contributed by atoms with Gasteiger partial charge in [0.05, 0.1) is 12.2 Å². The average molecular weight is 321 g/mol. The lowest BCUT2D eigenvalue weighted by Gasteiger charge is -2.29. The van der Waals surface area contributed by atoms with E-state index in [1.165, 1.54) is 11.0 Å². The number of halogens is 2. The molecule has 5 nitrogen and oxygen atoms in total. The van der Waals surface area contributed by atoms with Gasteiger partial charge in [-0.15, -0.1) is 0 Å². The first kappa shape index (κ1) is 15.5. The van der Waals surface area contributed by atoms with Gasteiger partial charge in [0.2, 0.25) is 5.89 Å². The summed E-state index contributed by atoms with van der Waals surface area (Å²) in [5, 5.41) is 2.71. The van der Waals surface area contributed by atoms with E-state index in [0.29, 0.717) is 35.7 Å². The van der Waals surface area contributed by atoms with E-state index in [0.717, 1.165) is 11.8 Å². The second kappa shape index (κ2) is 5.98. The molecule has 1 aliphatic rings. The van der Waals surface area contributed by atoms with Gasteiger partial charge in [0.1, 0.15) is 17.4 Å². The van der Waals surface area contributed by atoms with Gasteiger partial charge in [-0.3, -0.25) is 0 Å². The van der Waals surface area contributed by atoms with E-state index < -0.39 is 11.6 Å². The van der Waals surface area contributed by atoms with Crippen LogP contribution in [-0.2, 0) is 19.5 Å². The fourth-order valence-corrected chi connectivity index (χ4v) is 2.66. The van der Waals surface area contributed by atoms with Gasteiger partial charge in [0.15, 0.2) is 0 Å². The number of fused-ring (bicyclic) bond motifs is 1. The number of aryl methyl sites for hydroxylation is 2. The molecule has 0 spiro atoms. The maximum atomic E-state index is 13.7. The van der Waals surface area contributed by atoms with Crippen LogP contribution in [0.25, 0.3) is 0 Å². The number of carbonyl (C=O) groups excluding carboxylic acids is 1. The van der Waals surface area contributed by atoms with Crippen LogP contribution in [0.4, 0.5) is 13.6 Å². The number of benzene rings is 1. The van der Waals surface area contributed by atoms with Crippen molar-refractivity contribution in [3.63, 3.8) is 0 Å². The average Bonchev–Trinajstić information content (AvgIpc) is 2.82. The minimum absolute atomic E-state index is 0.175. The van der Waals surface area contributed by atoms with Gasteiger partial charge < -0.3 is 14.6 Å². The lowest BCUT2D eigenvalue weighted by molar-refractivity contribution is 0.190. The number of urea groups is 1. The number of rotatable bonds is 2. The molecule has 0 radical (unpaired) electrons. The van der Waals surface area contributed by atoms with Crippen molar-refractivity contribution in [2.75, 3.05) is 6.54 Å². The monoisotopic (exact) mass is 321 g/mol. The van der Waals surface area contributed by atoms with Gasteiger partial charge in [-0.25, -0.2) is 18.6 Å². The Morgan fingerprint density at radius 1 is 1.39 bits per heavy atom. The van der Waals surface area contributed by atoms with Crippen LogP contribution in [0, 0.1) is 25.5 Å². The lowest BCUT2D eigenvalue weighted by atomic mass is 9.99. The summed E-state index contributed by atoms with van der Waals surface area (Å²) in [6.45, 7) is 4.37. The minimum Gasteiger partial charge on any atom is -0.444 e. The highest BCUT2D eigenvalue weighted by atomic mass is 19.1. The molecule has 2 amide bonds. The van der Waals surface area contributed by atoms with E-state index in [4.69, 9.17) is 4.42 Å². The number of aromatic nitrogens is 1. The molecular formula is C16H17F2N3O2. The second-order valence-electron chi connectivity index (χ2n) is 5.60. The third-order valence-corrected chi connectivity index (χ3v) is 4.00. The molecule has 0 aliphatic carbocycles. The zero-order valence-corrected chi connectivity index (χ0v) is 12.9. The van der Waals surface area contributed by atoms with Crippen LogP contribution in [0.1, 0.15) is 28.5 Å². The van der Waals surface area contributed by atoms with Gasteiger partial charge >= 0.3 is 6.03 Å². The van der Waals surface area contributed by atoms with Crippen LogP contribution in [0.15, 0.2) is 16.5 Å². The molecule has 1 aromatic carbocycles. The van der Waals surface area contributed by atoms with E-state index in [-0.39, 0.29) is 19.1 Å². The van der Waals surface area contributed by atoms with Crippen LogP contribution < -0.4 is 5.32 Å². The molecule has 0 atom stereocenters. The SMILES string of the molecule is Cc1nc(CNC(=O)N2CCc3c(F)cc(F)cc3C2)oc1C. The molecule has 0 bridgehead atoms. The predicted molar refractivity (Wildman–Crippen MR) is 78.7 cm³/mol. The highest BCUT2D eigenvalue weighted by Gasteiger charge is 2.23. The lowest BCUT2D eigenvalue weighted by Crippen LogP contribution is -2.42. The Bertz CT molecular complexity index is 739. The van der Waals surface area contributed by atoms with Gasteiger partial charge in [0, 0.05) is 19.2 Å². The van der Waals surface area contributed by atoms with Crippen LogP contribution in [0.5, 0.6) is 0 Å². The largest absolute Gasteiger partial charge is 0.444 e. The molecule has 0 fully saturated rings. The van der Waals surface area contributed by atoms with Gasteiger partial charge in [-0.05, 0) is 37.5 Å². The molecule has 23 heavy (non-hydrogen) atoms. The molecule has 1 aliphatic heterocycles. The van der Waals surface area contributed by atoms with Gasteiger partial charge in [-0.1, -0.05) is 0 Å². The topological polar surface area (TPSA) is 58.4 Å². The summed E-state index contributed by atoms with van der Waals surface area (Å²) in [5.41, 5.74) is 1.77. The first-order valence-electron chi connectivity index (χ1n) is 7.36. The summed E-state index contributed by atoms with van der Waals surface area (Å²) >= 11 is 0. The Morgan fingerprint density at radius 3 is 2.87 bits per heavy atom. The van der Waals surface area contributed by atoms with Gasteiger partial charge in [0.25, 0.3) is 0 Å². The summed E-state index contributed by atoms with van der Waals surface area (Å²) in [5.74, 6) is -0.0324. The molecule has 1 aromatic heterocycles. The number of carbonyl (C=O) groups is 1. The molecule has 0 unspecified atom stereocenters.